The highest BCUT2D eigenvalue weighted by molar-refractivity contribution is 5.68. The van der Waals surface area contributed by atoms with Crippen LogP contribution in [-0.4, -0.2) is 29.3 Å². The third-order valence-corrected chi connectivity index (χ3v) is 5.11. The predicted molar refractivity (Wildman–Crippen MR) is 97.5 cm³/mol. The van der Waals surface area contributed by atoms with Crippen molar-refractivity contribution in [1.82, 2.24) is 4.90 Å². The first kappa shape index (κ1) is 17.3. The lowest BCUT2D eigenvalue weighted by Gasteiger charge is -2.36. The fourth-order valence-electron chi connectivity index (χ4n) is 3.71. The number of methoxy groups -OCH3 is 1. The number of aromatic hydroxyl groups is 1. The Bertz CT molecular complexity index is 676. The number of hydrogen-bond acceptors (Lipinski definition) is 3. The third kappa shape index (κ3) is 4.32. The monoisotopic (exact) mass is 339 g/mol. The molecule has 0 aliphatic heterocycles. The van der Waals surface area contributed by atoms with Crippen molar-refractivity contribution in [3.05, 3.63) is 65.7 Å². The number of benzene rings is 2. The van der Waals surface area contributed by atoms with Gasteiger partial charge in [-0.15, -0.1) is 0 Å². The molecule has 0 spiro atoms. The van der Waals surface area contributed by atoms with E-state index in [0.29, 0.717) is 18.2 Å². The summed E-state index contributed by atoms with van der Waals surface area (Å²) < 4.78 is 5.02. The number of rotatable bonds is 4. The maximum absolute atomic E-state index is 12.3. The first-order valence-corrected chi connectivity index (χ1v) is 8.85. The number of nitrogens with zero attached hydrogens (tertiary/aromatic N) is 1. The van der Waals surface area contributed by atoms with E-state index in [9.17, 15) is 9.90 Å². The summed E-state index contributed by atoms with van der Waals surface area (Å²) in [5.41, 5.74) is 2.39. The van der Waals surface area contributed by atoms with Crippen LogP contribution in [0.1, 0.15) is 42.7 Å². The van der Waals surface area contributed by atoms with E-state index >= 15 is 0 Å². The van der Waals surface area contributed by atoms with Gasteiger partial charge in [-0.2, -0.15) is 0 Å². The Labute approximate surface area is 149 Å². The van der Waals surface area contributed by atoms with Crippen LogP contribution in [-0.2, 0) is 11.3 Å². The van der Waals surface area contributed by atoms with Gasteiger partial charge in [0.25, 0.3) is 0 Å². The van der Waals surface area contributed by atoms with E-state index in [2.05, 4.69) is 0 Å². The number of hydrogen-bond donors (Lipinski definition) is 1. The minimum atomic E-state index is -0.253. The fourth-order valence-corrected chi connectivity index (χ4v) is 3.71. The van der Waals surface area contributed by atoms with E-state index in [-0.39, 0.29) is 12.1 Å². The number of amides is 1. The minimum Gasteiger partial charge on any atom is -0.508 e. The molecule has 4 nitrogen and oxygen atoms in total. The van der Waals surface area contributed by atoms with Crippen molar-refractivity contribution in [2.75, 3.05) is 7.11 Å². The Balaban J connectivity index is 1.65. The molecule has 2 aromatic rings. The summed E-state index contributed by atoms with van der Waals surface area (Å²) >= 11 is 0. The Morgan fingerprint density at radius 1 is 1.04 bits per heavy atom. The second kappa shape index (κ2) is 8.06. The fraction of sp³-hybridized carbons (Fsp3) is 0.381. The summed E-state index contributed by atoms with van der Waals surface area (Å²) in [7, 11) is 1.45. The second-order valence-corrected chi connectivity index (χ2v) is 6.68. The largest absolute Gasteiger partial charge is 0.508 e. The molecule has 25 heavy (non-hydrogen) atoms. The van der Waals surface area contributed by atoms with Gasteiger partial charge in [0.15, 0.2) is 0 Å². The first-order valence-electron chi connectivity index (χ1n) is 8.85. The van der Waals surface area contributed by atoms with Crippen molar-refractivity contribution < 1.29 is 14.6 Å². The van der Waals surface area contributed by atoms with Gasteiger partial charge in [-0.3, -0.25) is 0 Å². The Kier molecular flexibility index (Phi) is 5.59. The van der Waals surface area contributed by atoms with Crippen molar-refractivity contribution in [1.29, 1.82) is 0 Å². The first-order chi connectivity index (χ1) is 12.2. The van der Waals surface area contributed by atoms with Gasteiger partial charge < -0.3 is 14.7 Å². The highest BCUT2D eigenvalue weighted by Gasteiger charge is 2.30. The maximum atomic E-state index is 12.3. The molecule has 3 rings (SSSR count). The zero-order chi connectivity index (χ0) is 17.6. The van der Waals surface area contributed by atoms with Crippen molar-refractivity contribution in [2.24, 2.45) is 0 Å². The summed E-state index contributed by atoms with van der Waals surface area (Å²) in [6.45, 7) is 0.585. The Morgan fingerprint density at radius 2 is 1.68 bits per heavy atom. The van der Waals surface area contributed by atoms with Gasteiger partial charge in [0.05, 0.1) is 7.11 Å². The summed E-state index contributed by atoms with van der Waals surface area (Å²) in [5.74, 6) is 0.797. The van der Waals surface area contributed by atoms with Gasteiger partial charge in [0, 0.05) is 12.6 Å². The van der Waals surface area contributed by atoms with Crippen LogP contribution in [0.3, 0.4) is 0 Å². The van der Waals surface area contributed by atoms with Crippen LogP contribution in [0, 0.1) is 0 Å². The van der Waals surface area contributed by atoms with E-state index < -0.39 is 0 Å². The number of phenols is 1. The van der Waals surface area contributed by atoms with Crippen LogP contribution in [0.5, 0.6) is 5.75 Å². The van der Waals surface area contributed by atoms with Gasteiger partial charge in [0.1, 0.15) is 5.75 Å². The average Bonchev–Trinajstić information content (AvgIpc) is 2.67. The topological polar surface area (TPSA) is 49.8 Å². The standard InChI is InChI=1S/C21H25NO3/c1-25-21(24)22(15-16-5-3-2-4-6-16)19-11-7-17(8-12-19)18-9-13-20(23)14-10-18/h2-6,9-10,13-14,17,19,23H,7-8,11-12,15H2,1H3/t17-,19-. The molecule has 0 atom stereocenters. The van der Waals surface area contributed by atoms with Crippen LogP contribution in [0.2, 0.25) is 0 Å². The van der Waals surface area contributed by atoms with Crippen LogP contribution < -0.4 is 0 Å². The summed E-state index contributed by atoms with van der Waals surface area (Å²) in [4.78, 5) is 14.1. The van der Waals surface area contributed by atoms with Crippen molar-refractivity contribution in [3.8, 4) is 5.75 Å². The van der Waals surface area contributed by atoms with E-state index in [4.69, 9.17) is 4.74 Å². The molecule has 0 unspecified atom stereocenters. The van der Waals surface area contributed by atoms with Crippen LogP contribution in [0.25, 0.3) is 0 Å². The highest BCUT2D eigenvalue weighted by Crippen LogP contribution is 2.35. The molecule has 4 heteroatoms. The van der Waals surface area contributed by atoms with Gasteiger partial charge in [0.2, 0.25) is 0 Å². The number of ether oxygens (including phenoxy) is 1. The molecule has 132 valence electrons. The van der Waals surface area contributed by atoms with Gasteiger partial charge in [-0.05, 0) is 54.9 Å². The molecular weight excluding hydrogens is 314 g/mol. The van der Waals surface area contributed by atoms with Crippen LogP contribution >= 0.6 is 0 Å². The van der Waals surface area contributed by atoms with Gasteiger partial charge >= 0.3 is 6.09 Å². The van der Waals surface area contributed by atoms with E-state index in [1.165, 1.54) is 12.7 Å². The Morgan fingerprint density at radius 3 is 2.28 bits per heavy atom. The summed E-state index contributed by atoms with van der Waals surface area (Å²) in [6, 6.07) is 17.8. The quantitative estimate of drug-likeness (QED) is 0.879. The molecule has 1 saturated carbocycles. The lowest BCUT2D eigenvalue weighted by Crippen LogP contribution is -2.41. The maximum Gasteiger partial charge on any atom is 0.410 e. The van der Waals surface area contributed by atoms with E-state index in [1.54, 1.807) is 12.1 Å². The smallest absolute Gasteiger partial charge is 0.410 e. The molecular formula is C21H25NO3. The number of carbonyl (C=O) groups excluding carboxylic acids is 1. The van der Waals surface area contributed by atoms with Crippen LogP contribution in [0.4, 0.5) is 4.79 Å². The molecule has 2 aromatic carbocycles. The molecule has 1 N–H and O–H groups in total. The van der Waals surface area contributed by atoms with Gasteiger partial charge in [-0.25, -0.2) is 4.79 Å². The van der Waals surface area contributed by atoms with Crippen molar-refractivity contribution in [3.63, 3.8) is 0 Å². The normalized spacial score (nSPS) is 20.0. The zero-order valence-corrected chi connectivity index (χ0v) is 14.6. The SMILES string of the molecule is COC(=O)N(Cc1ccccc1)[C@H]1CC[C@H](c2ccc(O)cc2)CC1. The molecule has 0 bridgehead atoms. The molecule has 0 radical (unpaired) electrons. The average molecular weight is 339 g/mol. The molecule has 0 saturated heterocycles. The third-order valence-electron chi connectivity index (χ3n) is 5.11. The zero-order valence-electron chi connectivity index (χ0n) is 14.6. The molecule has 1 aliphatic carbocycles. The van der Waals surface area contributed by atoms with E-state index in [0.717, 1.165) is 31.2 Å². The molecule has 1 amide bonds. The van der Waals surface area contributed by atoms with Crippen molar-refractivity contribution in [2.45, 2.75) is 44.2 Å². The summed E-state index contributed by atoms with van der Waals surface area (Å²) in [5, 5.41) is 9.44. The number of carbonyl (C=O) groups is 1. The van der Waals surface area contributed by atoms with Gasteiger partial charge in [-0.1, -0.05) is 42.5 Å². The molecule has 0 aromatic heterocycles. The van der Waals surface area contributed by atoms with Crippen molar-refractivity contribution >= 4 is 6.09 Å². The second-order valence-electron chi connectivity index (χ2n) is 6.68. The lowest BCUT2D eigenvalue weighted by molar-refractivity contribution is 0.0877. The molecule has 1 aliphatic rings. The molecule has 1 fully saturated rings. The van der Waals surface area contributed by atoms with Crippen LogP contribution in [0.15, 0.2) is 54.6 Å². The lowest BCUT2D eigenvalue weighted by atomic mass is 9.81. The summed E-state index contributed by atoms with van der Waals surface area (Å²) in [6.07, 6.45) is 3.76. The highest BCUT2D eigenvalue weighted by atomic mass is 16.5. The van der Waals surface area contributed by atoms with E-state index in [1.807, 2.05) is 47.4 Å². The predicted octanol–water partition coefficient (Wildman–Crippen LogP) is 4.69. The number of phenolic OH excluding ortho intramolecular Hbond substituents is 1. The minimum absolute atomic E-state index is 0.209. The Hall–Kier alpha value is -2.49. The molecule has 0 heterocycles.